The summed E-state index contributed by atoms with van der Waals surface area (Å²) >= 11 is 0. The highest BCUT2D eigenvalue weighted by Crippen LogP contribution is 2.17. The number of nitrogens with one attached hydrogen (secondary N) is 1. The van der Waals surface area contributed by atoms with Crippen LogP contribution in [0.3, 0.4) is 0 Å². The molecule has 6 heteroatoms. The van der Waals surface area contributed by atoms with E-state index in [1.807, 2.05) is 13.8 Å². The Labute approximate surface area is 113 Å². The molecule has 1 aliphatic heterocycles. The summed E-state index contributed by atoms with van der Waals surface area (Å²) in [7, 11) is 0. The molecular weight excluding hydrogens is 248 g/mol. The molecule has 1 fully saturated rings. The van der Waals surface area contributed by atoms with Crippen LogP contribution in [-0.4, -0.2) is 41.8 Å². The molecule has 0 bridgehead atoms. The first-order valence-corrected chi connectivity index (χ1v) is 6.80. The van der Waals surface area contributed by atoms with Crippen LogP contribution in [0.15, 0.2) is 0 Å². The predicted octanol–water partition coefficient (Wildman–Crippen LogP) is 0.498. The molecule has 1 heterocycles. The topological polar surface area (TPSA) is 102 Å². The van der Waals surface area contributed by atoms with Crippen molar-refractivity contribution in [1.29, 1.82) is 0 Å². The van der Waals surface area contributed by atoms with Crippen LogP contribution >= 0.6 is 0 Å². The van der Waals surface area contributed by atoms with Crippen molar-refractivity contribution in [2.24, 2.45) is 11.7 Å². The molecule has 0 aromatic heterocycles. The molecule has 1 rings (SSSR count). The lowest BCUT2D eigenvalue weighted by Crippen LogP contribution is -2.49. The van der Waals surface area contributed by atoms with Gasteiger partial charge in [-0.15, -0.1) is 0 Å². The minimum Gasteiger partial charge on any atom is -0.480 e. The largest absolute Gasteiger partial charge is 0.480 e. The second-order valence-electron chi connectivity index (χ2n) is 5.51. The monoisotopic (exact) mass is 272 g/mol. The smallest absolute Gasteiger partial charge is 0.326 e. The van der Waals surface area contributed by atoms with Gasteiger partial charge < -0.3 is 20.9 Å². The summed E-state index contributed by atoms with van der Waals surface area (Å²) in [6, 6.07) is -1.58. The number of hydrogen-bond acceptors (Lipinski definition) is 4. The van der Waals surface area contributed by atoms with Crippen molar-refractivity contribution >= 4 is 11.9 Å². The zero-order valence-electron chi connectivity index (χ0n) is 11.6. The zero-order chi connectivity index (χ0) is 14.4. The van der Waals surface area contributed by atoms with Crippen molar-refractivity contribution in [3.05, 3.63) is 0 Å². The highest BCUT2D eigenvalue weighted by atomic mass is 16.5. The van der Waals surface area contributed by atoms with Crippen LogP contribution in [-0.2, 0) is 14.3 Å². The van der Waals surface area contributed by atoms with E-state index in [9.17, 15) is 9.59 Å². The van der Waals surface area contributed by atoms with E-state index in [0.717, 1.165) is 12.8 Å². The highest BCUT2D eigenvalue weighted by Gasteiger charge is 2.28. The van der Waals surface area contributed by atoms with Crippen molar-refractivity contribution in [3.63, 3.8) is 0 Å². The molecule has 1 aliphatic rings. The first kappa shape index (κ1) is 15.9. The number of amides is 1. The Morgan fingerprint density at radius 2 is 2.16 bits per heavy atom. The zero-order valence-corrected chi connectivity index (χ0v) is 11.6. The van der Waals surface area contributed by atoms with E-state index in [-0.39, 0.29) is 6.10 Å². The van der Waals surface area contributed by atoms with Crippen LogP contribution in [0.1, 0.15) is 39.5 Å². The van der Waals surface area contributed by atoms with Gasteiger partial charge in [0.05, 0.1) is 12.1 Å². The standard InChI is InChI=1S/C13H24N2O4/c1-8(2)6-10(14)12(16)15-11(13(17)18)7-9-4-3-5-19-9/h8-11H,3-7,14H2,1-2H3,(H,15,16)(H,17,18)/t9-,10-,11-/m0/s1. The van der Waals surface area contributed by atoms with Gasteiger partial charge in [-0.1, -0.05) is 13.8 Å². The molecule has 0 spiro atoms. The number of hydrogen-bond donors (Lipinski definition) is 3. The van der Waals surface area contributed by atoms with Gasteiger partial charge in [-0.3, -0.25) is 4.79 Å². The van der Waals surface area contributed by atoms with E-state index in [0.29, 0.717) is 25.4 Å². The Morgan fingerprint density at radius 1 is 1.47 bits per heavy atom. The van der Waals surface area contributed by atoms with Crippen molar-refractivity contribution in [3.8, 4) is 0 Å². The lowest BCUT2D eigenvalue weighted by Gasteiger charge is -2.20. The Hall–Kier alpha value is -1.14. The molecular formula is C13H24N2O4. The number of aliphatic carboxylic acids is 1. The quantitative estimate of drug-likeness (QED) is 0.626. The van der Waals surface area contributed by atoms with Gasteiger partial charge in [-0.05, 0) is 25.2 Å². The van der Waals surface area contributed by atoms with Crippen LogP contribution in [0.4, 0.5) is 0 Å². The molecule has 0 aromatic rings. The number of carboxylic acids is 1. The fraction of sp³-hybridized carbons (Fsp3) is 0.846. The molecule has 6 nitrogen and oxygen atoms in total. The minimum absolute atomic E-state index is 0.0808. The Kier molecular flexibility index (Phi) is 6.24. The molecule has 1 saturated heterocycles. The number of ether oxygens (including phenoxy) is 1. The summed E-state index contributed by atoms with van der Waals surface area (Å²) in [6.07, 6.45) is 2.55. The van der Waals surface area contributed by atoms with Crippen LogP contribution in [0, 0.1) is 5.92 Å². The summed E-state index contributed by atoms with van der Waals surface area (Å²) in [4.78, 5) is 23.0. The summed E-state index contributed by atoms with van der Waals surface area (Å²) in [5.41, 5.74) is 5.74. The Balaban J connectivity index is 2.47. The lowest BCUT2D eigenvalue weighted by atomic mass is 10.0. The second-order valence-corrected chi connectivity index (χ2v) is 5.51. The van der Waals surface area contributed by atoms with Gasteiger partial charge in [0.1, 0.15) is 6.04 Å². The highest BCUT2D eigenvalue weighted by molar-refractivity contribution is 5.86. The molecule has 3 atom stereocenters. The molecule has 0 unspecified atom stereocenters. The molecule has 0 aromatic carbocycles. The number of carboxylic acid groups (broad SMARTS) is 1. The maximum absolute atomic E-state index is 11.8. The SMILES string of the molecule is CC(C)C[C@H](N)C(=O)N[C@@H](C[C@@H]1CCCO1)C(=O)O. The average Bonchev–Trinajstić information content (AvgIpc) is 2.79. The van der Waals surface area contributed by atoms with Gasteiger partial charge in [0, 0.05) is 13.0 Å². The van der Waals surface area contributed by atoms with Crippen LogP contribution in [0.5, 0.6) is 0 Å². The number of carbonyl (C=O) groups is 2. The average molecular weight is 272 g/mol. The second kappa shape index (κ2) is 7.45. The summed E-state index contributed by atoms with van der Waals surface area (Å²) < 4.78 is 5.39. The van der Waals surface area contributed by atoms with E-state index < -0.39 is 24.0 Å². The molecule has 110 valence electrons. The predicted molar refractivity (Wildman–Crippen MR) is 70.6 cm³/mol. The Morgan fingerprint density at radius 3 is 2.63 bits per heavy atom. The Bertz CT molecular complexity index is 314. The van der Waals surface area contributed by atoms with E-state index in [1.54, 1.807) is 0 Å². The van der Waals surface area contributed by atoms with Crippen LogP contribution < -0.4 is 11.1 Å². The summed E-state index contributed by atoms with van der Waals surface area (Å²) in [5, 5.41) is 11.6. The first-order chi connectivity index (χ1) is 8.90. The normalized spacial score (nSPS) is 22.2. The van der Waals surface area contributed by atoms with E-state index in [4.69, 9.17) is 15.6 Å². The molecule has 0 radical (unpaired) electrons. The van der Waals surface area contributed by atoms with Gasteiger partial charge >= 0.3 is 5.97 Å². The third-order valence-corrected chi connectivity index (χ3v) is 3.20. The minimum atomic E-state index is -1.04. The van der Waals surface area contributed by atoms with Gasteiger partial charge in [0.15, 0.2) is 0 Å². The number of nitrogens with two attached hydrogens (primary N) is 1. The fourth-order valence-corrected chi connectivity index (χ4v) is 2.21. The van der Waals surface area contributed by atoms with Crippen molar-refractivity contribution < 1.29 is 19.4 Å². The third kappa shape index (κ3) is 5.57. The molecule has 1 amide bonds. The van der Waals surface area contributed by atoms with Crippen LogP contribution in [0.25, 0.3) is 0 Å². The molecule has 4 N–H and O–H groups in total. The van der Waals surface area contributed by atoms with Crippen molar-refractivity contribution in [2.45, 2.75) is 57.7 Å². The summed E-state index contributed by atoms with van der Waals surface area (Å²) in [5.74, 6) is -1.15. The molecule has 19 heavy (non-hydrogen) atoms. The third-order valence-electron chi connectivity index (χ3n) is 3.20. The number of rotatable bonds is 7. The molecule has 0 saturated carbocycles. The van der Waals surface area contributed by atoms with Crippen molar-refractivity contribution in [2.75, 3.05) is 6.61 Å². The maximum Gasteiger partial charge on any atom is 0.326 e. The van der Waals surface area contributed by atoms with Crippen LogP contribution in [0.2, 0.25) is 0 Å². The lowest BCUT2D eigenvalue weighted by molar-refractivity contribution is -0.143. The van der Waals surface area contributed by atoms with Crippen molar-refractivity contribution in [1.82, 2.24) is 5.32 Å². The van der Waals surface area contributed by atoms with E-state index in [1.165, 1.54) is 0 Å². The first-order valence-electron chi connectivity index (χ1n) is 6.80. The van der Waals surface area contributed by atoms with Gasteiger partial charge in [0.25, 0.3) is 0 Å². The van der Waals surface area contributed by atoms with E-state index >= 15 is 0 Å². The number of carbonyl (C=O) groups excluding carboxylic acids is 1. The van der Waals surface area contributed by atoms with Gasteiger partial charge in [-0.25, -0.2) is 4.79 Å². The maximum atomic E-state index is 11.8. The fourth-order valence-electron chi connectivity index (χ4n) is 2.21. The van der Waals surface area contributed by atoms with Gasteiger partial charge in [0.2, 0.25) is 5.91 Å². The van der Waals surface area contributed by atoms with E-state index in [2.05, 4.69) is 5.32 Å². The van der Waals surface area contributed by atoms with Gasteiger partial charge in [-0.2, -0.15) is 0 Å². The molecule has 0 aliphatic carbocycles. The summed E-state index contributed by atoms with van der Waals surface area (Å²) in [6.45, 7) is 4.60.